The number of carbonyl (C=O) groups is 2. The maximum Gasteiger partial charge on any atom is 0.238 e. The molecule has 0 heterocycles. The van der Waals surface area contributed by atoms with Gasteiger partial charge >= 0.3 is 0 Å². The second-order valence-corrected chi connectivity index (χ2v) is 5.20. The molecule has 3 N–H and O–H groups in total. The van der Waals surface area contributed by atoms with Crippen LogP contribution >= 0.6 is 11.6 Å². The number of anilines is 1. The third-order valence-corrected chi connectivity index (χ3v) is 3.23. The van der Waals surface area contributed by atoms with Crippen LogP contribution in [0, 0.1) is 0 Å². The van der Waals surface area contributed by atoms with Gasteiger partial charge in [-0.15, -0.1) is 0 Å². The number of rotatable bonds is 7. The van der Waals surface area contributed by atoms with Gasteiger partial charge in [-0.05, 0) is 25.0 Å². The van der Waals surface area contributed by atoms with Crippen LogP contribution in [0.3, 0.4) is 0 Å². The number of nitrogens with one attached hydrogen (secondary N) is 3. The SMILES string of the molecule is O=C(CNCCC(=O)NC1CC1)Nc1ccccc1Cl. The Morgan fingerprint density at radius 3 is 2.65 bits per heavy atom. The highest BCUT2D eigenvalue weighted by Gasteiger charge is 2.22. The molecule has 0 bridgehead atoms. The fourth-order valence-corrected chi connectivity index (χ4v) is 1.87. The zero-order valence-corrected chi connectivity index (χ0v) is 11.9. The topological polar surface area (TPSA) is 70.2 Å². The van der Waals surface area contributed by atoms with Gasteiger partial charge in [-0.1, -0.05) is 23.7 Å². The van der Waals surface area contributed by atoms with E-state index in [1.807, 2.05) is 0 Å². The Balaban J connectivity index is 1.60. The molecule has 1 aromatic carbocycles. The molecule has 0 atom stereocenters. The summed E-state index contributed by atoms with van der Waals surface area (Å²) in [5.74, 6) is -0.146. The molecule has 1 saturated carbocycles. The highest BCUT2D eigenvalue weighted by Crippen LogP contribution is 2.20. The quantitative estimate of drug-likeness (QED) is 0.668. The third-order valence-electron chi connectivity index (χ3n) is 2.90. The van der Waals surface area contributed by atoms with Crippen LogP contribution in [0.2, 0.25) is 5.02 Å². The summed E-state index contributed by atoms with van der Waals surface area (Å²) >= 11 is 5.94. The summed E-state index contributed by atoms with van der Waals surface area (Å²) in [6.07, 6.45) is 2.55. The van der Waals surface area contributed by atoms with Crippen molar-refractivity contribution in [3.8, 4) is 0 Å². The molecule has 5 nitrogen and oxygen atoms in total. The van der Waals surface area contributed by atoms with Crippen LogP contribution in [0.5, 0.6) is 0 Å². The van der Waals surface area contributed by atoms with E-state index in [1.165, 1.54) is 0 Å². The van der Waals surface area contributed by atoms with Crippen LogP contribution in [0.1, 0.15) is 19.3 Å². The zero-order chi connectivity index (χ0) is 14.4. The zero-order valence-electron chi connectivity index (χ0n) is 11.1. The standard InChI is InChI=1S/C14H18ClN3O2/c15-11-3-1-2-4-12(11)18-14(20)9-16-8-7-13(19)17-10-5-6-10/h1-4,10,16H,5-9H2,(H,17,19)(H,18,20). The number of amides is 2. The van der Waals surface area contributed by atoms with Crippen LogP contribution in [0.15, 0.2) is 24.3 Å². The summed E-state index contributed by atoms with van der Waals surface area (Å²) in [5, 5.41) is 9.04. The van der Waals surface area contributed by atoms with Crippen molar-refractivity contribution in [1.82, 2.24) is 10.6 Å². The molecule has 1 fully saturated rings. The van der Waals surface area contributed by atoms with E-state index >= 15 is 0 Å². The summed E-state index contributed by atoms with van der Waals surface area (Å²) in [4.78, 5) is 23.1. The van der Waals surface area contributed by atoms with Gasteiger partial charge in [0, 0.05) is 19.0 Å². The molecule has 0 radical (unpaired) electrons. The number of hydrogen-bond acceptors (Lipinski definition) is 3. The van der Waals surface area contributed by atoms with E-state index in [9.17, 15) is 9.59 Å². The summed E-state index contributed by atoms with van der Waals surface area (Å²) in [6.45, 7) is 0.635. The molecular formula is C14H18ClN3O2. The van der Waals surface area contributed by atoms with Gasteiger partial charge in [-0.2, -0.15) is 0 Å². The summed E-state index contributed by atoms with van der Waals surface area (Å²) < 4.78 is 0. The number of halogens is 1. The smallest absolute Gasteiger partial charge is 0.238 e. The summed E-state index contributed by atoms with van der Waals surface area (Å²) in [7, 11) is 0. The van der Waals surface area contributed by atoms with E-state index in [1.54, 1.807) is 24.3 Å². The van der Waals surface area contributed by atoms with Crippen molar-refractivity contribution in [2.75, 3.05) is 18.4 Å². The van der Waals surface area contributed by atoms with Crippen molar-refractivity contribution in [3.05, 3.63) is 29.3 Å². The Kier molecular flexibility index (Phi) is 5.38. The lowest BCUT2D eigenvalue weighted by atomic mass is 10.3. The van der Waals surface area contributed by atoms with Gasteiger partial charge in [0.25, 0.3) is 0 Å². The van der Waals surface area contributed by atoms with Crippen molar-refractivity contribution in [2.24, 2.45) is 0 Å². The molecule has 6 heteroatoms. The monoisotopic (exact) mass is 295 g/mol. The van der Waals surface area contributed by atoms with Gasteiger partial charge in [-0.25, -0.2) is 0 Å². The van der Waals surface area contributed by atoms with Crippen LogP contribution in [-0.4, -0.2) is 30.9 Å². The van der Waals surface area contributed by atoms with E-state index in [0.29, 0.717) is 29.7 Å². The first-order chi connectivity index (χ1) is 9.65. The van der Waals surface area contributed by atoms with Crippen molar-refractivity contribution >= 4 is 29.1 Å². The molecule has 20 heavy (non-hydrogen) atoms. The van der Waals surface area contributed by atoms with E-state index in [4.69, 9.17) is 11.6 Å². The fourth-order valence-electron chi connectivity index (χ4n) is 1.69. The van der Waals surface area contributed by atoms with Crippen molar-refractivity contribution in [3.63, 3.8) is 0 Å². The minimum Gasteiger partial charge on any atom is -0.353 e. The van der Waals surface area contributed by atoms with Crippen molar-refractivity contribution < 1.29 is 9.59 Å². The van der Waals surface area contributed by atoms with Gasteiger partial charge in [-0.3, -0.25) is 9.59 Å². The van der Waals surface area contributed by atoms with Crippen molar-refractivity contribution in [1.29, 1.82) is 0 Å². The highest BCUT2D eigenvalue weighted by molar-refractivity contribution is 6.33. The maximum atomic E-state index is 11.7. The van der Waals surface area contributed by atoms with Gasteiger partial charge in [0.1, 0.15) is 0 Å². The second kappa shape index (κ2) is 7.26. The Labute approximate surface area is 123 Å². The molecule has 1 aromatic rings. The largest absolute Gasteiger partial charge is 0.353 e. The van der Waals surface area contributed by atoms with Crippen LogP contribution < -0.4 is 16.0 Å². The molecule has 2 amide bonds. The normalized spacial score (nSPS) is 13.8. The predicted molar refractivity (Wildman–Crippen MR) is 78.7 cm³/mol. The minimum atomic E-state index is -0.180. The van der Waals surface area contributed by atoms with Gasteiger partial charge in [0.2, 0.25) is 11.8 Å². The Hall–Kier alpha value is -1.59. The molecule has 2 rings (SSSR count). The molecule has 0 saturated heterocycles. The summed E-state index contributed by atoms with van der Waals surface area (Å²) in [6, 6.07) is 7.44. The van der Waals surface area contributed by atoms with E-state index in [2.05, 4.69) is 16.0 Å². The summed E-state index contributed by atoms with van der Waals surface area (Å²) in [5.41, 5.74) is 0.590. The van der Waals surface area contributed by atoms with Gasteiger partial charge < -0.3 is 16.0 Å². The first kappa shape index (κ1) is 14.8. The lowest BCUT2D eigenvalue weighted by Gasteiger charge is -2.08. The average Bonchev–Trinajstić information content (AvgIpc) is 3.21. The molecule has 0 unspecified atom stereocenters. The second-order valence-electron chi connectivity index (χ2n) is 4.80. The lowest BCUT2D eigenvalue weighted by molar-refractivity contribution is -0.121. The molecule has 0 aliphatic heterocycles. The van der Waals surface area contributed by atoms with Gasteiger partial charge in [0.05, 0.1) is 17.3 Å². The molecule has 0 aromatic heterocycles. The Morgan fingerprint density at radius 2 is 1.95 bits per heavy atom. The average molecular weight is 296 g/mol. The lowest BCUT2D eigenvalue weighted by Crippen LogP contribution is -2.33. The first-order valence-corrected chi connectivity index (χ1v) is 7.07. The van der Waals surface area contributed by atoms with E-state index < -0.39 is 0 Å². The van der Waals surface area contributed by atoms with E-state index in [-0.39, 0.29) is 18.4 Å². The van der Waals surface area contributed by atoms with Crippen LogP contribution in [0.25, 0.3) is 0 Å². The van der Waals surface area contributed by atoms with Gasteiger partial charge in [0.15, 0.2) is 0 Å². The predicted octanol–water partition coefficient (Wildman–Crippen LogP) is 1.54. The molecule has 0 spiro atoms. The van der Waals surface area contributed by atoms with Crippen LogP contribution in [-0.2, 0) is 9.59 Å². The van der Waals surface area contributed by atoms with Crippen LogP contribution in [0.4, 0.5) is 5.69 Å². The fraction of sp³-hybridized carbons (Fsp3) is 0.429. The number of hydrogen-bond donors (Lipinski definition) is 3. The molecule has 1 aliphatic rings. The number of para-hydroxylation sites is 1. The minimum absolute atomic E-state index is 0.0338. The maximum absolute atomic E-state index is 11.7. The molecular weight excluding hydrogens is 278 g/mol. The Morgan fingerprint density at radius 1 is 1.20 bits per heavy atom. The van der Waals surface area contributed by atoms with Crippen molar-refractivity contribution in [2.45, 2.75) is 25.3 Å². The molecule has 1 aliphatic carbocycles. The first-order valence-electron chi connectivity index (χ1n) is 6.69. The highest BCUT2D eigenvalue weighted by atomic mass is 35.5. The Bertz CT molecular complexity index is 489. The third kappa shape index (κ3) is 5.19. The molecule has 108 valence electrons. The number of benzene rings is 1. The van der Waals surface area contributed by atoms with E-state index in [0.717, 1.165) is 12.8 Å². The number of carbonyl (C=O) groups excluding carboxylic acids is 2.